The second kappa shape index (κ2) is 12.6. The van der Waals surface area contributed by atoms with Crippen molar-refractivity contribution >= 4 is 17.1 Å². The van der Waals surface area contributed by atoms with Crippen LogP contribution in [-0.2, 0) is 10.8 Å². The summed E-state index contributed by atoms with van der Waals surface area (Å²) in [7, 11) is 0. The van der Waals surface area contributed by atoms with Gasteiger partial charge in [0.1, 0.15) is 0 Å². The van der Waals surface area contributed by atoms with Crippen LogP contribution < -0.4 is 4.90 Å². The largest absolute Gasteiger partial charge is 0.309 e. The number of benzene rings is 8. The number of nitrogens with zero attached hydrogens (tertiary/aromatic N) is 1. The lowest BCUT2D eigenvalue weighted by molar-refractivity contribution is 0.659. The van der Waals surface area contributed by atoms with Gasteiger partial charge in [-0.15, -0.1) is 0 Å². The van der Waals surface area contributed by atoms with Crippen LogP contribution in [0.5, 0.6) is 0 Å². The highest BCUT2D eigenvalue weighted by Gasteiger charge is 2.42. The summed E-state index contributed by atoms with van der Waals surface area (Å²) in [4.78, 5) is 2.61. The van der Waals surface area contributed by atoms with Gasteiger partial charge < -0.3 is 4.90 Å². The minimum Gasteiger partial charge on any atom is -0.309 e. The molecule has 0 bridgehead atoms. The van der Waals surface area contributed by atoms with Crippen molar-refractivity contribution < 1.29 is 0 Å². The van der Waals surface area contributed by atoms with Crippen molar-refractivity contribution in [1.29, 1.82) is 0 Å². The van der Waals surface area contributed by atoms with E-state index in [0.717, 1.165) is 5.69 Å². The fraction of sp³-hybridized carbons (Fsp3) is 0.111. The monoisotopic (exact) mass is 705 g/mol. The third kappa shape index (κ3) is 5.07. The Balaban J connectivity index is 1.31. The van der Waals surface area contributed by atoms with Crippen LogP contribution >= 0.6 is 0 Å². The summed E-state index contributed by atoms with van der Waals surface area (Å²) in [6, 6.07) is 69.5. The SMILES string of the molecule is CC1(C)c2ccccc2-c2c(N(c3cccc(-c4ccccc4)c3-c3ccc(-c4ccccc4)cc3)c3cccc4c3C(C)(C)c3ccccc3-4)cccc21. The molecule has 0 unspecified atom stereocenters. The van der Waals surface area contributed by atoms with E-state index in [9.17, 15) is 0 Å². The van der Waals surface area contributed by atoms with Gasteiger partial charge in [-0.05, 0) is 85.0 Å². The van der Waals surface area contributed by atoms with Crippen LogP contribution in [0.1, 0.15) is 49.9 Å². The van der Waals surface area contributed by atoms with Crippen molar-refractivity contribution in [1.82, 2.24) is 0 Å². The summed E-state index contributed by atoms with van der Waals surface area (Å²) in [5, 5.41) is 0. The normalized spacial score (nSPS) is 14.1. The number of rotatable bonds is 6. The van der Waals surface area contributed by atoms with Gasteiger partial charge in [-0.3, -0.25) is 0 Å². The smallest absolute Gasteiger partial charge is 0.0546 e. The molecule has 0 saturated heterocycles. The van der Waals surface area contributed by atoms with Gasteiger partial charge in [0.25, 0.3) is 0 Å². The van der Waals surface area contributed by atoms with Crippen molar-refractivity contribution in [2.24, 2.45) is 0 Å². The molecule has 0 aromatic heterocycles. The van der Waals surface area contributed by atoms with E-state index in [4.69, 9.17) is 0 Å². The summed E-state index contributed by atoms with van der Waals surface area (Å²) < 4.78 is 0. The molecule has 0 N–H and O–H groups in total. The number of hydrogen-bond acceptors (Lipinski definition) is 1. The zero-order valence-electron chi connectivity index (χ0n) is 31.8. The number of anilines is 3. The predicted octanol–water partition coefficient (Wildman–Crippen LogP) is 14.8. The Morgan fingerprint density at radius 1 is 0.291 bits per heavy atom. The van der Waals surface area contributed by atoms with Gasteiger partial charge in [-0.1, -0.05) is 198 Å². The summed E-state index contributed by atoms with van der Waals surface area (Å²) in [6.45, 7) is 9.55. The molecular weight excluding hydrogens is 663 g/mol. The van der Waals surface area contributed by atoms with E-state index in [1.165, 1.54) is 89.3 Å². The second-order valence-electron chi connectivity index (χ2n) is 16.1. The van der Waals surface area contributed by atoms with E-state index in [0.29, 0.717) is 0 Å². The lowest BCUT2D eigenvalue weighted by Crippen LogP contribution is -2.22. The van der Waals surface area contributed by atoms with E-state index in [1.54, 1.807) is 0 Å². The van der Waals surface area contributed by atoms with Crippen LogP contribution in [0.2, 0.25) is 0 Å². The molecule has 264 valence electrons. The molecule has 0 atom stereocenters. The summed E-state index contributed by atoms with van der Waals surface area (Å²) in [5.74, 6) is 0. The molecule has 0 heterocycles. The van der Waals surface area contributed by atoms with Gasteiger partial charge >= 0.3 is 0 Å². The highest BCUT2D eigenvalue weighted by molar-refractivity contribution is 6.03. The minimum absolute atomic E-state index is 0.135. The molecule has 0 fully saturated rings. The maximum atomic E-state index is 2.61. The Morgan fingerprint density at radius 3 is 1.44 bits per heavy atom. The van der Waals surface area contributed by atoms with Gasteiger partial charge in [0.15, 0.2) is 0 Å². The second-order valence-corrected chi connectivity index (χ2v) is 16.1. The molecule has 8 aromatic rings. The quantitative estimate of drug-likeness (QED) is 0.166. The fourth-order valence-electron chi connectivity index (χ4n) is 9.66. The van der Waals surface area contributed by atoms with Crippen molar-refractivity contribution in [3.8, 4) is 55.6 Å². The molecular formula is C54H43N. The van der Waals surface area contributed by atoms with E-state index in [2.05, 4.69) is 221 Å². The topological polar surface area (TPSA) is 3.24 Å². The molecule has 0 amide bonds. The first-order chi connectivity index (χ1) is 26.8. The van der Waals surface area contributed by atoms with E-state index >= 15 is 0 Å². The van der Waals surface area contributed by atoms with Crippen molar-refractivity contribution in [2.75, 3.05) is 4.90 Å². The highest BCUT2D eigenvalue weighted by Crippen LogP contribution is 2.59. The van der Waals surface area contributed by atoms with Crippen LogP contribution in [0.25, 0.3) is 55.6 Å². The molecule has 10 rings (SSSR count). The molecule has 0 spiro atoms. The van der Waals surface area contributed by atoms with Crippen LogP contribution in [0.15, 0.2) is 188 Å². The Morgan fingerprint density at radius 2 is 0.745 bits per heavy atom. The predicted molar refractivity (Wildman–Crippen MR) is 233 cm³/mol. The van der Waals surface area contributed by atoms with Crippen molar-refractivity contribution in [3.63, 3.8) is 0 Å². The van der Waals surface area contributed by atoms with Crippen molar-refractivity contribution in [3.05, 3.63) is 210 Å². The van der Waals surface area contributed by atoms with E-state index < -0.39 is 0 Å². The summed E-state index contributed by atoms with van der Waals surface area (Å²) in [5.41, 5.74) is 21.2. The molecule has 2 aliphatic carbocycles. The Labute approximate surface area is 325 Å². The minimum atomic E-state index is -0.218. The molecule has 0 radical (unpaired) electrons. The zero-order valence-corrected chi connectivity index (χ0v) is 31.8. The van der Waals surface area contributed by atoms with Gasteiger partial charge in [0, 0.05) is 22.0 Å². The molecule has 8 aromatic carbocycles. The summed E-state index contributed by atoms with van der Waals surface area (Å²) in [6.07, 6.45) is 0. The standard InChI is InChI=1S/C54H43N/c1-53(2)45-27-14-12-23-43(45)51-46(53)28-17-30-48(51)55(49-31-16-25-42-41-22-11-13-26-44(41)54(3,4)52(42)49)47-29-15-24-40(38-20-9-6-10-21-38)50(47)39-34-32-37(33-35-39)36-18-7-5-8-19-36/h5-35H,1-4H3. The lowest BCUT2D eigenvalue weighted by atomic mass is 9.80. The molecule has 55 heavy (non-hydrogen) atoms. The van der Waals surface area contributed by atoms with Gasteiger partial charge in [0.2, 0.25) is 0 Å². The van der Waals surface area contributed by atoms with Crippen LogP contribution in [0, 0.1) is 0 Å². The van der Waals surface area contributed by atoms with Crippen LogP contribution in [-0.4, -0.2) is 0 Å². The number of fused-ring (bicyclic) bond motifs is 6. The average molecular weight is 706 g/mol. The average Bonchev–Trinajstić information content (AvgIpc) is 3.62. The highest BCUT2D eigenvalue weighted by atomic mass is 15.2. The maximum absolute atomic E-state index is 2.61. The lowest BCUT2D eigenvalue weighted by Gasteiger charge is -2.35. The van der Waals surface area contributed by atoms with Crippen LogP contribution in [0.4, 0.5) is 17.1 Å². The number of hydrogen-bond donors (Lipinski definition) is 0. The first-order valence-corrected chi connectivity index (χ1v) is 19.5. The van der Waals surface area contributed by atoms with Crippen LogP contribution in [0.3, 0.4) is 0 Å². The zero-order chi connectivity index (χ0) is 37.3. The van der Waals surface area contributed by atoms with Gasteiger partial charge in [0.05, 0.1) is 17.1 Å². The molecule has 0 saturated carbocycles. The molecule has 1 heteroatoms. The maximum Gasteiger partial charge on any atom is 0.0546 e. The fourth-order valence-corrected chi connectivity index (χ4v) is 9.66. The van der Waals surface area contributed by atoms with E-state index in [-0.39, 0.29) is 10.8 Å². The third-order valence-corrected chi connectivity index (χ3v) is 12.3. The van der Waals surface area contributed by atoms with Gasteiger partial charge in [-0.25, -0.2) is 0 Å². The van der Waals surface area contributed by atoms with Crippen molar-refractivity contribution in [2.45, 2.75) is 38.5 Å². The first kappa shape index (κ1) is 33.2. The van der Waals surface area contributed by atoms with Gasteiger partial charge in [-0.2, -0.15) is 0 Å². The molecule has 2 aliphatic rings. The Kier molecular flexibility index (Phi) is 7.58. The molecule has 1 nitrogen and oxygen atoms in total. The summed E-state index contributed by atoms with van der Waals surface area (Å²) >= 11 is 0. The van der Waals surface area contributed by atoms with E-state index in [1.807, 2.05) is 0 Å². The molecule has 0 aliphatic heterocycles. The third-order valence-electron chi connectivity index (χ3n) is 12.3. The first-order valence-electron chi connectivity index (χ1n) is 19.5. The Hall–Kier alpha value is -6.44. The Bertz CT molecular complexity index is 2740.